The molecule has 0 saturated heterocycles. The first-order chi connectivity index (χ1) is 8.74. The predicted octanol–water partition coefficient (Wildman–Crippen LogP) is 3.33. The molecule has 0 radical (unpaired) electrons. The van der Waals surface area contributed by atoms with Crippen molar-refractivity contribution in [2.75, 3.05) is 6.61 Å². The van der Waals surface area contributed by atoms with Crippen molar-refractivity contribution >= 4 is 16.7 Å². The van der Waals surface area contributed by atoms with E-state index in [4.69, 9.17) is 9.84 Å². The average Bonchev–Trinajstić information content (AvgIpc) is 3.19. The van der Waals surface area contributed by atoms with Gasteiger partial charge in [-0.15, -0.1) is 0 Å². The highest BCUT2D eigenvalue weighted by molar-refractivity contribution is 5.97. The fourth-order valence-electron chi connectivity index (χ4n) is 2.01. The molecule has 0 aromatic heterocycles. The number of rotatable bonds is 4. The number of carboxylic acids is 1. The van der Waals surface area contributed by atoms with E-state index in [9.17, 15) is 4.79 Å². The summed E-state index contributed by atoms with van der Waals surface area (Å²) in [6, 6.07) is 11.0. The Bertz CT molecular complexity index is 600. The number of fused-ring (bicyclic) bond motifs is 1. The van der Waals surface area contributed by atoms with E-state index in [1.54, 1.807) is 12.1 Å². The zero-order valence-corrected chi connectivity index (χ0v) is 9.93. The summed E-state index contributed by atoms with van der Waals surface area (Å²) in [7, 11) is 0. The Morgan fingerprint density at radius 3 is 2.78 bits per heavy atom. The second kappa shape index (κ2) is 4.33. The van der Waals surface area contributed by atoms with Crippen LogP contribution >= 0.6 is 0 Å². The summed E-state index contributed by atoms with van der Waals surface area (Å²) in [6.07, 6.45) is 2.44. The molecular weight excluding hydrogens is 228 g/mol. The molecule has 0 unspecified atom stereocenters. The quantitative estimate of drug-likeness (QED) is 0.894. The molecule has 0 bridgehead atoms. The zero-order chi connectivity index (χ0) is 12.5. The summed E-state index contributed by atoms with van der Waals surface area (Å²) >= 11 is 0. The average molecular weight is 242 g/mol. The standard InChI is InChI=1S/C15H14O3/c16-15(17)12-7-11-3-1-2-4-13(11)14(8-12)18-9-10-5-6-10/h1-4,7-8,10H,5-6,9H2,(H,16,17). The van der Waals surface area contributed by atoms with E-state index in [2.05, 4.69) is 0 Å². The summed E-state index contributed by atoms with van der Waals surface area (Å²) < 4.78 is 5.77. The first-order valence-electron chi connectivity index (χ1n) is 6.13. The van der Waals surface area contributed by atoms with Gasteiger partial charge in [-0.25, -0.2) is 4.79 Å². The van der Waals surface area contributed by atoms with Crippen LogP contribution in [0.4, 0.5) is 0 Å². The molecule has 1 fully saturated rings. The molecule has 2 aromatic carbocycles. The minimum absolute atomic E-state index is 0.277. The molecule has 18 heavy (non-hydrogen) atoms. The third kappa shape index (κ3) is 2.16. The highest BCUT2D eigenvalue weighted by atomic mass is 16.5. The van der Waals surface area contributed by atoms with Gasteiger partial charge in [0.25, 0.3) is 0 Å². The largest absolute Gasteiger partial charge is 0.493 e. The van der Waals surface area contributed by atoms with E-state index in [0.29, 0.717) is 18.3 Å². The maximum absolute atomic E-state index is 11.1. The number of carbonyl (C=O) groups is 1. The van der Waals surface area contributed by atoms with Gasteiger partial charge in [-0.05, 0) is 36.3 Å². The smallest absolute Gasteiger partial charge is 0.335 e. The number of benzene rings is 2. The highest BCUT2D eigenvalue weighted by Gasteiger charge is 2.22. The number of aromatic carboxylic acids is 1. The lowest BCUT2D eigenvalue weighted by atomic mass is 10.1. The van der Waals surface area contributed by atoms with Crippen LogP contribution in [0.15, 0.2) is 36.4 Å². The van der Waals surface area contributed by atoms with Gasteiger partial charge in [-0.3, -0.25) is 0 Å². The van der Waals surface area contributed by atoms with Crippen LogP contribution in [-0.2, 0) is 0 Å². The third-order valence-electron chi connectivity index (χ3n) is 3.24. The van der Waals surface area contributed by atoms with Gasteiger partial charge < -0.3 is 9.84 Å². The molecule has 1 saturated carbocycles. The molecule has 3 rings (SSSR count). The highest BCUT2D eigenvalue weighted by Crippen LogP contribution is 2.32. The van der Waals surface area contributed by atoms with Gasteiger partial charge in [-0.1, -0.05) is 24.3 Å². The lowest BCUT2D eigenvalue weighted by molar-refractivity contribution is 0.0696. The Balaban J connectivity index is 2.03. The Morgan fingerprint density at radius 1 is 1.28 bits per heavy atom. The molecule has 0 amide bonds. The molecule has 3 nitrogen and oxygen atoms in total. The van der Waals surface area contributed by atoms with Crippen molar-refractivity contribution < 1.29 is 14.6 Å². The molecule has 1 aliphatic carbocycles. The fraction of sp³-hybridized carbons (Fsp3) is 0.267. The molecule has 0 heterocycles. The van der Waals surface area contributed by atoms with Crippen LogP contribution in [0.1, 0.15) is 23.2 Å². The molecular formula is C15H14O3. The van der Waals surface area contributed by atoms with Gasteiger partial charge >= 0.3 is 5.97 Å². The normalized spacial score (nSPS) is 14.7. The second-order valence-electron chi connectivity index (χ2n) is 4.76. The van der Waals surface area contributed by atoms with E-state index >= 15 is 0 Å². The van der Waals surface area contributed by atoms with Crippen molar-refractivity contribution in [3.8, 4) is 5.75 Å². The number of hydrogen-bond donors (Lipinski definition) is 1. The Morgan fingerprint density at radius 2 is 2.06 bits per heavy atom. The molecule has 92 valence electrons. The molecule has 3 heteroatoms. The summed E-state index contributed by atoms with van der Waals surface area (Å²) in [5.41, 5.74) is 0.277. The second-order valence-corrected chi connectivity index (χ2v) is 4.76. The molecule has 0 aliphatic heterocycles. The number of ether oxygens (including phenoxy) is 1. The van der Waals surface area contributed by atoms with Gasteiger partial charge in [0.2, 0.25) is 0 Å². The monoisotopic (exact) mass is 242 g/mol. The van der Waals surface area contributed by atoms with E-state index in [1.807, 2.05) is 24.3 Å². The molecule has 0 atom stereocenters. The summed E-state index contributed by atoms with van der Waals surface area (Å²) in [5.74, 6) is 0.409. The van der Waals surface area contributed by atoms with Crippen molar-refractivity contribution in [3.05, 3.63) is 42.0 Å². The van der Waals surface area contributed by atoms with E-state index in [1.165, 1.54) is 12.8 Å². The summed E-state index contributed by atoms with van der Waals surface area (Å²) in [4.78, 5) is 11.1. The van der Waals surface area contributed by atoms with Crippen molar-refractivity contribution in [2.45, 2.75) is 12.8 Å². The van der Waals surface area contributed by atoms with Crippen molar-refractivity contribution in [1.82, 2.24) is 0 Å². The van der Waals surface area contributed by atoms with Gasteiger partial charge in [0, 0.05) is 5.39 Å². The SMILES string of the molecule is O=C(O)c1cc(OCC2CC2)c2ccccc2c1. The number of carboxylic acid groups (broad SMARTS) is 1. The topological polar surface area (TPSA) is 46.5 Å². The van der Waals surface area contributed by atoms with Crippen LogP contribution < -0.4 is 4.74 Å². The van der Waals surface area contributed by atoms with Crippen LogP contribution in [0.2, 0.25) is 0 Å². The molecule has 2 aromatic rings. The lowest BCUT2D eigenvalue weighted by Gasteiger charge is -2.10. The van der Waals surface area contributed by atoms with E-state index in [0.717, 1.165) is 10.8 Å². The summed E-state index contributed by atoms with van der Waals surface area (Å²) in [6.45, 7) is 0.688. The Labute approximate surface area is 105 Å². The van der Waals surface area contributed by atoms with Gasteiger partial charge in [-0.2, -0.15) is 0 Å². The van der Waals surface area contributed by atoms with Gasteiger partial charge in [0.05, 0.1) is 12.2 Å². The third-order valence-corrected chi connectivity index (χ3v) is 3.24. The van der Waals surface area contributed by atoms with E-state index in [-0.39, 0.29) is 5.56 Å². The molecule has 0 spiro atoms. The van der Waals surface area contributed by atoms with Crippen LogP contribution in [0.5, 0.6) is 5.75 Å². The Hall–Kier alpha value is -2.03. The predicted molar refractivity (Wildman–Crippen MR) is 69.1 cm³/mol. The van der Waals surface area contributed by atoms with Crippen molar-refractivity contribution in [2.24, 2.45) is 5.92 Å². The van der Waals surface area contributed by atoms with Gasteiger partial charge in [0.1, 0.15) is 5.75 Å². The van der Waals surface area contributed by atoms with Crippen molar-refractivity contribution in [1.29, 1.82) is 0 Å². The van der Waals surface area contributed by atoms with Crippen molar-refractivity contribution in [3.63, 3.8) is 0 Å². The van der Waals surface area contributed by atoms with Gasteiger partial charge in [0.15, 0.2) is 0 Å². The zero-order valence-electron chi connectivity index (χ0n) is 9.93. The molecule has 1 N–H and O–H groups in total. The van der Waals surface area contributed by atoms with Crippen LogP contribution in [-0.4, -0.2) is 17.7 Å². The maximum Gasteiger partial charge on any atom is 0.335 e. The van der Waals surface area contributed by atoms with Crippen LogP contribution in [0, 0.1) is 5.92 Å². The Kier molecular flexibility index (Phi) is 2.67. The minimum Gasteiger partial charge on any atom is -0.493 e. The first-order valence-corrected chi connectivity index (χ1v) is 6.13. The van der Waals surface area contributed by atoms with Crippen LogP contribution in [0.3, 0.4) is 0 Å². The van der Waals surface area contributed by atoms with E-state index < -0.39 is 5.97 Å². The maximum atomic E-state index is 11.1. The minimum atomic E-state index is -0.919. The summed E-state index contributed by atoms with van der Waals surface area (Å²) in [5, 5.41) is 11.0. The van der Waals surface area contributed by atoms with Crippen LogP contribution in [0.25, 0.3) is 10.8 Å². The number of hydrogen-bond acceptors (Lipinski definition) is 2. The fourth-order valence-corrected chi connectivity index (χ4v) is 2.01. The molecule has 1 aliphatic rings. The first kappa shape index (κ1) is 11.1. The lowest BCUT2D eigenvalue weighted by Crippen LogP contribution is -2.02.